The summed E-state index contributed by atoms with van der Waals surface area (Å²) in [5, 5.41) is 0. The molecule has 18 heavy (non-hydrogen) atoms. The van der Waals surface area contributed by atoms with E-state index in [0.717, 1.165) is 25.7 Å². The Kier molecular flexibility index (Phi) is 7.75. The quantitative estimate of drug-likeness (QED) is 0.844. The summed E-state index contributed by atoms with van der Waals surface area (Å²) in [6.07, 6.45) is 3.68. The summed E-state index contributed by atoms with van der Waals surface area (Å²) in [5.74, 6) is 0.678. The van der Waals surface area contributed by atoms with Crippen molar-refractivity contribution in [3.05, 3.63) is 0 Å². The highest BCUT2D eigenvalue weighted by Gasteiger charge is 2.33. The van der Waals surface area contributed by atoms with Crippen LogP contribution < -0.4 is 5.73 Å². The molecule has 0 spiro atoms. The van der Waals surface area contributed by atoms with Crippen LogP contribution in [0.2, 0.25) is 0 Å². The predicted molar refractivity (Wildman–Crippen MR) is 78.5 cm³/mol. The number of halogens is 1. The van der Waals surface area contributed by atoms with Crippen molar-refractivity contribution in [3.63, 3.8) is 0 Å². The van der Waals surface area contributed by atoms with Crippen LogP contribution in [0.4, 0.5) is 0 Å². The standard InChI is InChI=1S/C12H26N2O2S.ClH/c1-10(2)7-9-17(15,16)14-8-5-4-6-12(14)11(3)13;/h10-12H,4-9,13H2,1-3H3;1H. The van der Waals surface area contributed by atoms with E-state index < -0.39 is 10.0 Å². The molecule has 0 radical (unpaired) electrons. The molecule has 0 aliphatic carbocycles. The summed E-state index contributed by atoms with van der Waals surface area (Å²) in [7, 11) is -3.12. The van der Waals surface area contributed by atoms with Crippen molar-refractivity contribution in [2.75, 3.05) is 12.3 Å². The highest BCUT2D eigenvalue weighted by Crippen LogP contribution is 2.23. The van der Waals surface area contributed by atoms with E-state index in [2.05, 4.69) is 13.8 Å². The van der Waals surface area contributed by atoms with E-state index >= 15 is 0 Å². The minimum atomic E-state index is -3.12. The Bertz CT molecular complexity index is 331. The van der Waals surface area contributed by atoms with Gasteiger partial charge in [-0.2, -0.15) is 4.31 Å². The second kappa shape index (κ2) is 7.68. The van der Waals surface area contributed by atoms with Crippen LogP contribution in [0.3, 0.4) is 0 Å². The maximum atomic E-state index is 12.3. The van der Waals surface area contributed by atoms with E-state index in [1.54, 1.807) is 4.31 Å². The molecular weight excluding hydrogens is 272 g/mol. The average molecular weight is 299 g/mol. The van der Waals surface area contributed by atoms with E-state index in [9.17, 15) is 8.42 Å². The van der Waals surface area contributed by atoms with Crippen LogP contribution in [0.25, 0.3) is 0 Å². The van der Waals surface area contributed by atoms with Crippen molar-refractivity contribution in [2.45, 2.75) is 58.5 Å². The first-order chi connectivity index (χ1) is 7.84. The van der Waals surface area contributed by atoms with Crippen LogP contribution in [0, 0.1) is 5.92 Å². The van der Waals surface area contributed by atoms with Gasteiger partial charge in [-0.15, -0.1) is 12.4 Å². The lowest BCUT2D eigenvalue weighted by atomic mass is 10.00. The lowest BCUT2D eigenvalue weighted by molar-refractivity contribution is 0.227. The van der Waals surface area contributed by atoms with Crippen molar-refractivity contribution in [2.24, 2.45) is 11.7 Å². The number of sulfonamides is 1. The van der Waals surface area contributed by atoms with Crippen LogP contribution in [-0.4, -0.2) is 37.1 Å². The van der Waals surface area contributed by atoms with Crippen molar-refractivity contribution >= 4 is 22.4 Å². The Labute approximate surface area is 118 Å². The molecule has 2 unspecified atom stereocenters. The SMILES string of the molecule is CC(C)CCS(=O)(=O)N1CCCCC1C(C)N.Cl. The molecule has 1 aliphatic heterocycles. The molecule has 0 aromatic carbocycles. The summed E-state index contributed by atoms with van der Waals surface area (Å²) < 4.78 is 26.2. The second-order valence-electron chi connectivity index (χ2n) is 5.53. The van der Waals surface area contributed by atoms with E-state index in [-0.39, 0.29) is 30.2 Å². The molecule has 2 N–H and O–H groups in total. The molecule has 0 amide bonds. The number of piperidine rings is 1. The van der Waals surface area contributed by atoms with Gasteiger partial charge in [-0.05, 0) is 32.1 Å². The largest absolute Gasteiger partial charge is 0.326 e. The minimum absolute atomic E-state index is 0. The van der Waals surface area contributed by atoms with Gasteiger partial charge in [0.2, 0.25) is 10.0 Å². The summed E-state index contributed by atoms with van der Waals surface area (Å²) in [5.41, 5.74) is 5.90. The molecule has 1 aliphatic rings. The molecule has 1 heterocycles. The molecule has 0 aromatic heterocycles. The van der Waals surface area contributed by atoms with Crippen molar-refractivity contribution in [3.8, 4) is 0 Å². The number of hydrogen-bond acceptors (Lipinski definition) is 3. The first kappa shape index (κ1) is 18.2. The van der Waals surface area contributed by atoms with Gasteiger partial charge in [-0.25, -0.2) is 8.42 Å². The van der Waals surface area contributed by atoms with Crippen molar-refractivity contribution < 1.29 is 8.42 Å². The molecule has 0 bridgehead atoms. The Morgan fingerprint density at radius 2 is 1.89 bits per heavy atom. The monoisotopic (exact) mass is 298 g/mol. The predicted octanol–water partition coefficient (Wildman–Crippen LogP) is 1.99. The Morgan fingerprint density at radius 1 is 1.28 bits per heavy atom. The molecule has 1 fully saturated rings. The Balaban J connectivity index is 0.00000289. The molecule has 6 heteroatoms. The van der Waals surface area contributed by atoms with Crippen LogP contribution in [0.15, 0.2) is 0 Å². The highest BCUT2D eigenvalue weighted by atomic mass is 35.5. The van der Waals surface area contributed by atoms with Crippen LogP contribution in [-0.2, 0) is 10.0 Å². The van der Waals surface area contributed by atoms with Gasteiger partial charge in [-0.3, -0.25) is 0 Å². The molecule has 2 atom stereocenters. The van der Waals surface area contributed by atoms with Gasteiger partial charge >= 0.3 is 0 Å². The topological polar surface area (TPSA) is 63.4 Å². The molecule has 110 valence electrons. The fourth-order valence-electron chi connectivity index (χ4n) is 2.30. The van der Waals surface area contributed by atoms with Crippen molar-refractivity contribution in [1.82, 2.24) is 4.31 Å². The van der Waals surface area contributed by atoms with E-state index in [0.29, 0.717) is 12.5 Å². The zero-order valence-corrected chi connectivity index (χ0v) is 13.3. The molecular formula is C12H27ClN2O2S. The van der Waals surface area contributed by atoms with E-state index in [1.165, 1.54) is 0 Å². The summed E-state index contributed by atoms with van der Waals surface area (Å²) in [4.78, 5) is 0. The van der Waals surface area contributed by atoms with Gasteiger partial charge in [0, 0.05) is 18.6 Å². The normalized spacial score (nSPS) is 23.7. The Hall–Kier alpha value is 0.160. The first-order valence-electron chi connectivity index (χ1n) is 6.59. The van der Waals surface area contributed by atoms with Gasteiger partial charge in [0.15, 0.2) is 0 Å². The lowest BCUT2D eigenvalue weighted by Gasteiger charge is -2.37. The smallest absolute Gasteiger partial charge is 0.214 e. The summed E-state index contributed by atoms with van der Waals surface area (Å²) >= 11 is 0. The zero-order valence-electron chi connectivity index (χ0n) is 11.6. The fourth-order valence-corrected chi connectivity index (χ4v) is 4.42. The van der Waals surface area contributed by atoms with E-state index in [4.69, 9.17) is 5.73 Å². The molecule has 1 saturated heterocycles. The number of rotatable bonds is 5. The number of hydrogen-bond donors (Lipinski definition) is 1. The Morgan fingerprint density at radius 3 is 2.39 bits per heavy atom. The molecule has 0 saturated carbocycles. The number of nitrogens with two attached hydrogens (primary N) is 1. The van der Waals surface area contributed by atoms with E-state index in [1.807, 2.05) is 6.92 Å². The van der Waals surface area contributed by atoms with Crippen LogP contribution in [0.5, 0.6) is 0 Å². The molecule has 1 rings (SSSR count). The third-order valence-corrected chi connectivity index (χ3v) is 5.34. The first-order valence-corrected chi connectivity index (χ1v) is 8.20. The fraction of sp³-hybridized carbons (Fsp3) is 1.00. The van der Waals surface area contributed by atoms with Gasteiger partial charge in [0.25, 0.3) is 0 Å². The summed E-state index contributed by atoms with van der Waals surface area (Å²) in [6, 6.07) is -0.0787. The average Bonchev–Trinajstić information content (AvgIpc) is 2.26. The third-order valence-electron chi connectivity index (χ3n) is 3.42. The number of nitrogens with zero attached hydrogens (tertiary/aromatic N) is 1. The molecule has 0 aromatic rings. The van der Waals surface area contributed by atoms with Gasteiger partial charge in [-0.1, -0.05) is 20.3 Å². The van der Waals surface area contributed by atoms with Crippen LogP contribution >= 0.6 is 12.4 Å². The minimum Gasteiger partial charge on any atom is -0.326 e. The highest BCUT2D eigenvalue weighted by molar-refractivity contribution is 7.89. The second-order valence-corrected chi connectivity index (χ2v) is 7.57. The third kappa shape index (κ3) is 5.03. The van der Waals surface area contributed by atoms with Gasteiger partial charge < -0.3 is 5.73 Å². The maximum Gasteiger partial charge on any atom is 0.214 e. The van der Waals surface area contributed by atoms with Crippen molar-refractivity contribution in [1.29, 1.82) is 0 Å². The van der Waals surface area contributed by atoms with Gasteiger partial charge in [0.05, 0.1) is 5.75 Å². The summed E-state index contributed by atoms with van der Waals surface area (Å²) in [6.45, 7) is 6.65. The maximum absolute atomic E-state index is 12.3. The van der Waals surface area contributed by atoms with Crippen LogP contribution in [0.1, 0.15) is 46.5 Å². The molecule has 4 nitrogen and oxygen atoms in total. The zero-order chi connectivity index (χ0) is 13.1. The lowest BCUT2D eigenvalue weighted by Crippen LogP contribution is -2.52. The van der Waals surface area contributed by atoms with Gasteiger partial charge in [0.1, 0.15) is 0 Å².